The molecule has 6 fully saturated rings. The first-order valence-electron chi connectivity index (χ1n) is 15.0. The number of carbonyl (C=O) groups is 1. The quantitative estimate of drug-likeness (QED) is 0.504. The molecule has 6 rings (SSSR count). The first-order valence-corrected chi connectivity index (χ1v) is 15.0. The lowest BCUT2D eigenvalue weighted by Crippen LogP contribution is -2.62. The van der Waals surface area contributed by atoms with E-state index < -0.39 is 54.4 Å². The van der Waals surface area contributed by atoms with Gasteiger partial charge in [-0.15, -0.1) is 0 Å². The molecule has 8 heteroatoms. The standard InChI is InChI=1S/C29H46O8/c1-17(2)19-11-10-18(3)16-20(19)32-27(31)33-22-21(30)23-25(36-28(34-23)12-6-4-7-13-28)26-24(22)35-29(37-26)14-8-5-9-15-29/h17-26,30H,4-16H2,1-3H3/t18-,19-,20+,21+,22+,23+,24+,25+,26+/m1/s1. The lowest BCUT2D eigenvalue weighted by atomic mass is 9.75. The summed E-state index contributed by atoms with van der Waals surface area (Å²) in [5, 5.41) is 11.6. The predicted molar refractivity (Wildman–Crippen MR) is 134 cm³/mol. The molecule has 2 heterocycles. The van der Waals surface area contributed by atoms with Gasteiger partial charge in [0.05, 0.1) is 0 Å². The molecule has 0 unspecified atom stereocenters. The Morgan fingerprint density at radius 3 is 1.92 bits per heavy atom. The van der Waals surface area contributed by atoms with E-state index in [1.807, 2.05) is 0 Å². The molecule has 0 amide bonds. The van der Waals surface area contributed by atoms with Crippen LogP contribution in [-0.4, -0.2) is 65.6 Å². The molecule has 0 aromatic rings. The van der Waals surface area contributed by atoms with Crippen molar-refractivity contribution in [3.8, 4) is 0 Å². The molecular weight excluding hydrogens is 476 g/mol. The molecule has 8 nitrogen and oxygen atoms in total. The molecule has 6 aliphatic rings. The van der Waals surface area contributed by atoms with Gasteiger partial charge in [-0.1, -0.05) is 40.0 Å². The Morgan fingerprint density at radius 2 is 1.32 bits per heavy atom. The number of hydrogen-bond donors (Lipinski definition) is 1. The minimum Gasteiger partial charge on any atom is -0.431 e. The van der Waals surface area contributed by atoms with Crippen molar-refractivity contribution in [3.63, 3.8) is 0 Å². The van der Waals surface area contributed by atoms with E-state index in [0.29, 0.717) is 17.8 Å². The summed E-state index contributed by atoms with van der Waals surface area (Å²) in [4.78, 5) is 13.2. The molecule has 210 valence electrons. The number of hydrogen-bond acceptors (Lipinski definition) is 8. The van der Waals surface area contributed by atoms with Crippen LogP contribution in [0.4, 0.5) is 4.79 Å². The Kier molecular flexibility index (Phi) is 7.27. The van der Waals surface area contributed by atoms with Gasteiger partial charge in [0.2, 0.25) is 0 Å². The Bertz CT molecular complexity index is 819. The molecule has 2 saturated heterocycles. The highest BCUT2D eigenvalue weighted by molar-refractivity contribution is 5.60. The average molecular weight is 523 g/mol. The molecule has 2 aliphatic heterocycles. The van der Waals surface area contributed by atoms with E-state index in [1.54, 1.807) is 0 Å². The molecule has 4 aliphatic carbocycles. The summed E-state index contributed by atoms with van der Waals surface area (Å²) in [6.07, 6.45) is 7.64. The number of ether oxygens (including phenoxy) is 6. The normalized spacial score (nSPS) is 44.5. The summed E-state index contributed by atoms with van der Waals surface area (Å²) < 4.78 is 38.2. The summed E-state index contributed by atoms with van der Waals surface area (Å²) in [5.41, 5.74) is 0. The van der Waals surface area contributed by atoms with Crippen molar-refractivity contribution in [3.05, 3.63) is 0 Å². The zero-order valence-electron chi connectivity index (χ0n) is 22.8. The van der Waals surface area contributed by atoms with E-state index in [2.05, 4.69) is 20.8 Å². The molecule has 0 aromatic carbocycles. The van der Waals surface area contributed by atoms with Crippen molar-refractivity contribution in [2.45, 2.75) is 159 Å². The van der Waals surface area contributed by atoms with Crippen LogP contribution >= 0.6 is 0 Å². The zero-order chi connectivity index (χ0) is 25.8. The van der Waals surface area contributed by atoms with Gasteiger partial charge < -0.3 is 33.5 Å². The van der Waals surface area contributed by atoms with E-state index in [0.717, 1.165) is 83.5 Å². The summed E-state index contributed by atoms with van der Waals surface area (Å²) in [7, 11) is 0. The number of fused-ring (bicyclic) bond motifs is 3. The molecule has 2 spiro atoms. The van der Waals surface area contributed by atoms with Crippen LogP contribution in [0.15, 0.2) is 0 Å². The summed E-state index contributed by atoms with van der Waals surface area (Å²) in [6.45, 7) is 6.58. The molecule has 1 N–H and O–H groups in total. The number of aliphatic hydroxyl groups is 1. The Balaban J connectivity index is 1.22. The van der Waals surface area contributed by atoms with Crippen molar-refractivity contribution in [1.82, 2.24) is 0 Å². The molecule has 0 bridgehead atoms. The maximum Gasteiger partial charge on any atom is 0.509 e. The van der Waals surface area contributed by atoms with E-state index >= 15 is 0 Å². The fourth-order valence-electron chi connectivity index (χ4n) is 8.02. The van der Waals surface area contributed by atoms with Crippen molar-refractivity contribution < 1.29 is 38.3 Å². The fraction of sp³-hybridized carbons (Fsp3) is 0.966. The molecule has 0 aromatic heterocycles. The van der Waals surface area contributed by atoms with Gasteiger partial charge in [0.25, 0.3) is 0 Å². The van der Waals surface area contributed by atoms with Gasteiger partial charge in [0.15, 0.2) is 17.7 Å². The third-order valence-corrected chi connectivity index (χ3v) is 10.0. The van der Waals surface area contributed by atoms with Gasteiger partial charge in [0, 0.05) is 25.7 Å². The number of rotatable bonds is 3. The largest absolute Gasteiger partial charge is 0.509 e. The van der Waals surface area contributed by atoms with Crippen LogP contribution in [0.2, 0.25) is 0 Å². The van der Waals surface area contributed by atoms with E-state index in [1.165, 1.54) is 0 Å². The number of aliphatic hydroxyl groups excluding tert-OH is 1. The third kappa shape index (κ3) is 4.94. The average Bonchev–Trinajstić information content (AvgIpc) is 3.41. The lowest BCUT2D eigenvalue weighted by molar-refractivity contribution is -0.225. The third-order valence-electron chi connectivity index (χ3n) is 10.0. The summed E-state index contributed by atoms with van der Waals surface area (Å²) >= 11 is 0. The van der Waals surface area contributed by atoms with Gasteiger partial charge in [0.1, 0.15) is 36.6 Å². The summed E-state index contributed by atoms with van der Waals surface area (Å²) in [6, 6.07) is 0. The SMILES string of the molecule is CC(C)[C@H]1CC[C@@H](C)C[C@@H]1OC(=O)O[C@H]1[C@H](O)[C@@H]2OC3(CCCCC3)O[C@@H]2[C@H]2OC3(CCCCC3)O[C@H]21. The second kappa shape index (κ2) is 10.2. The van der Waals surface area contributed by atoms with Gasteiger partial charge in [-0.2, -0.15) is 0 Å². The lowest BCUT2D eigenvalue weighted by Gasteiger charge is -2.40. The van der Waals surface area contributed by atoms with E-state index in [4.69, 9.17) is 28.4 Å². The topological polar surface area (TPSA) is 92.7 Å². The van der Waals surface area contributed by atoms with E-state index in [9.17, 15) is 9.90 Å². The zero-order valence-corrected chi connectivity index (χ0v) is 22.8. The van der Waals surface area contributed by atoms with Gasteiger partial charge in [-0.05, 0) is 56.3 Å². The Hall–Kier alpha value is -0.930. The highest BCUT2D eigenvalue weighted by atomic mass is 16.8. The maximum absolute atomic E-state index is 13.2. The van der Waals surface area contributed by atoms with Crippen molar-refractivity contribution in [2.75, 3.05) is 0 Å². The second-order valence-electron chi connectivity index (χ2n) is 13.1. The number of carbonyl (C=O) groups excluding carboxylic acids is 1. The van der Waals surface area contributed by atoms with E-state index in [-0.39, 0.29) is 6.10 Å². The molecule has 37 heavy (non-hydrogen) atoms. The van der Waals surface area contributed by atoms with Crippen LogP contribution in [0.1, 0.15) is 104 Å². The van der Waals surface area contributed by atoms with Crippen molar-refractivity contribution in [1.29, 1.82) is 0 Å². The van der Waals surface area contributed by atoms with Crippen LogP contribution in [0.5, 0.6) is 0 Å². The van der Waals surface area contributed by atoms with Crippen LogP contribution in [0, 0.1) is 17.8 Å². The smallest absolute Gasteiger partial charge is 0.431 e. The highest BCUT2D eigenvalue weighted by Gasteiger charge is 2.67. The van der Waals surface area contributed by atoms with Crippen LogP contribution < -0.4 is 0 Å². The Morgan fingerprint density at radius 1 is 0.784 bits per heavy atom. The molecule has 0 radical (unpaired) electrons. The second-order valence-corrected chi connectivity index (χ2v) is 13.1. The molecule has 9 atom stereocenters. The summed E-state index contributed by atoms with van der Waals surface area (Å²) in [5.74, 6) is -0.161. The predicted octanol–water partition coefficient (Wildman–Crippen LogP) is 5.23. The minimum absolute atomic E-state index is 0.178. The monoisotopic (exact) mass is 522 g/mol. The molecule has 4 saturated carbocycles. The van der Waals surface area contributed by atoms with Gasteiger partial charge in [-0.3, -0.25) is 0 Å². The molecular formula is C29H46O8. The van der Waals surface area contributed by atoms with Crippen molar-refractivity contribution in [2.24, 2.45) is 17.8 Å². The van der Waals surface area contributed by atoms with Crippen molar-refractivity contribution >= 4 is 6.16 Å². The van der Waals surface area contributed by atoms with Crippen LogP contribution in [0.3, 0.4) is 0 Å². The van der Waals surface area contributed by atoms with Gasteiger partial charge in [-0.25, -0.2) is 4.79 Å². The fourth-order valence-corrected chi connectivity index (χ4v) is 8.02. The highest BCUT2D eigenvalue weighted by Crippen LogP contribution is 2.52. The van der Waals surface area contributed by atoms with Crippen LogP contribution in [0.25, 0.3) is 0 Å². The Labute approximate surface area is 221 Å². The van der Waals surface area contributed by atoms with Gasteiger partial charge >= 0.3 is 6.16 Å². The van der Waals surface area contributed by atoms with Crippen LogP contribution in [-0.2, 0) is 28.4 Å². The first-order chi connectivity index (χ1) is 17.8. The first kappa shape index (κ1) is 26.3. The maximum atomic E-state index is 13.2. The minimum atomic E-state index is -1.08.